The standard InChI is InChI=1S/C25H24N4O3S2/c30-24(26-16-20-8-4-13-33-20)17-34-25-28-27-23(29(25)19-6-2-1-3-7-19)15-18-9-10-21-22(14-18)32-12-5-11-31-21/h1-4,6-10,13-14H,5,11-12,15-17H2,(H,26,30). The summed E-state index contributed by atoms with van der Waals surface area (Å²) in [5, 5.41) is 14.5. The van der Waals surface area contributed by atoms with Crippen LogP contribution in [-0.4, -0.2) is 39.6 Å². The quantitative estimate of drug-likeness (QED) is 0.365. The van der Waals surface area contributed by atoms with E-state index in [1.807, 2.05) is 70.6 Å². The Bertz CT molecular complexity index is 1240. The van der Waals surface area contributed by atoms with Crippen LogP contribution in [0.1, 0.15) is 22.7 Å². The van der Waals surface area contributed by atoms with E-state index in [2.05, 4.69) is 15.5 Å². The molecule has 174 valence electrons. The van der Waals surface area contributed by atoms with E-state index in [0.717, 1.165) is 39.9 Å². The maximum Gasteiger partial charge on any atom is 0.230 e. The molecule has 2 aromatic heterocycles. The zero-order valence-electron chi connectivity index (χ0n) is 18.5. The first-order valence-electron chi connectivity index (χ1n) is 11.1. The van der Waals surface area contributed by atoms with Crippen LogP contribution in [-0.2, 0) is 17.8 Å². The first-order valence-corrected chi connectivity index (χ1v) is 12.9. The molecule has 7 nitrogen and oxygen atoms in total. The number of fused-ring (bicyclic) bond motifs is 1. The number of rotatable bonds is 8. The van der Waals surface area contributed by atoms with Crippen LogP contribution in [0.5, 0.6) is 11.5 Å². The Morgan fingerprint density at radius 1 is 1.03 bits per heavy atom. The fraction of sp³-hybridized carbons (Fsp3) is 0.240. The number of para-hydroxylation sites is 1. The molecule has 1 N–H and O–H groups in total. The summed E-state index contributed by atoms with van der Waals surface area (Å²) in [6.07, 6.45) is 1.44. The lowest BCUT2D eigenvalue weighted by Crippen LogP contribution is -2.24. The van der Waals surface area contributed by atoms with Crippen molar-refractivity contribution in [1.82, 2.24) is 20.1 Å². The van der Waals surface area contributed by atoms with Crippen LogP contribution < -0.4 is 14.8 Å². The van der Waals surface area contributed by atoms with Crippen molar-refractivity contribution < 1.29 is 14.3 Å². The largest absolute Gasteiger partial charge is 0.490 e. The number of hydrogen-bond donors (Lipinski definition) is 1. The predicted octanol–water partition coefficient (Wildman–Crippen LogP) is 4.49. The SMILES string of the molecule is O=C(CSc1nnc(Cc2ccc3c(c2)OCCCO3)n1-c1ccccc1)NCc1cccs1. The van der Waals surface area contributed by atoms with Crippen molar-refractivity contribution in [3.8, 4) is 17.2 Å². The first kappa shape index (κ1) is 22.5. The van der Waals surface area contributed by atoms with Gasteiger partial charge in [-0.05, 0) is 41.3 Å². The van der Waals surface area contributed by atoms with E-state index >= 15 is 0 Å². The summed E-state index contributed by atoms with van der Waals surface area (Å²) >= 11 is 3.01. The molecule has 34 heavy (non-hydrogen) atoms. The molecule has 0 unspecified atom stereocenters. The zero-order valence-corrected chi connectivity index (χ0v) is 20.1. The predicted molar refractivity (Wildman–Crippen MR) is 133 cm³/mol. The van der Waals surface area contributed by atoms with E-state index in [-0.39, 0.29) is 11.7 Å². The normalized spacial score (nSPS) is 12.8. The molecule has 1 aliphatic rings. The number of hydrogen-bond acceptors (Lipinski definition) is 7. The molecule has 0 radical (unpaired) electrons. The molecule has 0 saturated heterocycles. The highest BCUT2D eigenvalue weighted by atomic mass is 32.2. The summed E-state index contributed by atoms with van der Waals surface area (Å²) in [6, 6.07) is 19.9. The van der Waals surface area contributed by atoms with Crippen LogP contribution in [0.4, 0.5) is 0 Å². The van der Waals surface area contributed by atoms with Crippen LogP contribution in [0.3, 0.4) is 0 Å². The third-order valence-corrected chi connectivity index (χ3v) is 7.07. The number of benzene rings is 2. The molecule has 9 heteroatoms. The molecule has 0 bridgehead atoms. The molecule has 1 amide bonds. The number of thiophene rings is 1. The second-order valence-corrected chi connectivity index (χ2v) is 9.70. The van der Waals surface area contributed by atoms with Crippen LogP contribution in [0, 0.1) is 0 Å². The van der Waals surface area contributed by atoms with Gasteiger partial charge in [-0.2, -0.15) is 0 Å². The summed E-state index contributed by atoms with van der Waals surface area (Å²) in [5.41, 5.74) is 2.01. The van der Waals surface area contributed by atoms with Gasteiger partial charge >= 0.3 is 0 Å². The van der Waals surface area contributed by atoms with Gasteiger partial charge in [-0.15, -0.1) is 21.5 Å². The number of ether oxygens (including phenoxy) is 2. The third-order valence-electron chi connectivity index (χ3n) is 5.26. The summed E-state index contributed by atoms with van der Waals surface area (Å²) in [4.78, 5) is 13.5. The maximum absolute atomic E-state index is 12.4. The molecule has 0 fully saturated rings. The fourth-order valence-corrected chi connectivity index (χ4v) is 5.07. The molecule has 0 saturated carbocycles. The molecule has 2 aromatic carbocycles. The van der Waals surface area contributed by atoms with Crippen molar-refractivity contribution in [2.24, 2.45) is 0 Å². The van der Waals surface area contributed by atoms with Crippen molar-refractivity contribution >= 4 is 29.0 Å². The lowest BCUT2D eigenvalue weighted by Gasteiger charge is -2.12. The Morgan fingerprint density at radius 2 is 1.88 bits per heavy atom. The van der Waals surface area contributed by atoms with Crippen LogP contribution >= 0.6 is 23.1 Å². The first-order chi connectivity index (χ1) is 16.8. The van der Waals surface area contributed by atoms with E-state index in [4.69, 9.17) is 9.47 Å². The maximum atomic E-state index is 12.4. The number of amides is 1. The molecule has 0 atom stereocenters. The third kappa shape index (κ3) is 5.43. The molecule has 0 spiro atoms. The Morgan fingerprint density at radius 3 is 2.71 bits per heavy atom. The van der Waals surface area contributed by atoms with Crippen molar-refractivity contribution in [3.05, 3.63) is 82.3 Å². The van der Waals surface area contributed by atoms with Gasteiger partial charge in [0.25, 0.3) is 0 Å². The lowest BCUT2D eigenvalue weighted by molar-refractivity contribution is -0.118. The smallest absolute Gasteiger partial charge is 0.230 e. The van der Waals surface area contributed by atoms with Gasteiger partial charge in [-0.1, -0.05) is 42.1 Å². The summed E-state index contributed by atoms with van der Waals surface area (Å²) < 4.78 is 13.6. The van der Waals surface area contributed by atoms with E-state index in [1.165, 1.54) is 11.8 Å². The number of thioether (sulfide) groups is 1. The van der Waals surface area contributed by atoms with Crippen LogP contribution in [0.15, 0.2) is 71.2 Å². The number of carbonyl (C=O) groups is 1. The Kier molecular flexibility index (Phi) is 7.11. The minimum atomic E-state index is -0.0366. The Hall–Kier alpha value is -3.30. The molecule has 1 aliphatic heterocycles. The van der Waals surface area contributed by atoms with Gasteiger partial charge in [-0.3, -0.25) is 9.36 Å². The minimum Gasteiger partial charge on any atom is -0.490 e. The van der Waals surface area contributed by atoms with E-state index in [1.54, 1.807) is 11.3 Å². The highest BCUT2D eigenvalue weighted by Crippen LogP contribution is 2.31. The minimum absolute atomic E-state index is 0.0366. The topological polar surface area (TPSA) is 78.3 Å². The fourth-order valence-electron chi connectivity index (χ4n) is 3.62. The molecule has 5 rings (SSSR count). The van der Waals surface area contributed by atoms with Gasteiger partial charge in [0.1, 0.15) is 5.82 Å². The summed E-state index contributed by atoms with van der Waals surface area (Å²) in [5.74, 6) is 2.56. The van der Waals surface area contributed by atoms with E-state index < -0.39 is 0 Å². The van der Waals surface area contributed by atoms with Gasteiger partial charge < -0.3 is 14.8 Å². The highest BCUT2D eigenvalue weighted by molar-refractivity contribution is 7.99. The number of nitrogens with zero attached hydrogens (tertiary/aromatic N) is 3. The molecular formula is C25H24N4O3S2. The zero-order chi connectivity index (χ0) is 23.2. The van der Waals surface area contributed by atoms with Crippen LogP contribution in [0.2, 0.25) is 0 Å². The molecule has 3 heterocycles. The van der Waals surface area contributed by atoms with Crippen molar-refractivity contribution in [2.45, 2.75) is 24.5 Å². The van der Waals surface area contributed by atoms with Gasteiger partial charge in [0.05, 0.1) is 25.5 Å². The summed E-state index contributed by atoms with van der Waals surface area (Å²) in [6.45, 7) is 1.85. The van der Waals surface area contributed by atoms with Crippen LogP contribution in [0.25, 0.3) is 5.69 Å². The van der Waals surface area contributed by atoms with Crippen molar-refractivity contribution in [3.63, 3.8) is 0 Å². The van der Waals surface area contributed by atoms with Crippen molar-refractivity contribution in [2.75, 3.05) is 19.0 Å². The van der Waals surface area contributed by atoms with E-state index in [9.17, 15) is 4.79 Å². The Labute approximate surface area is 206 Å². The van der Waals surface area contributed by atoms with Crippen molar-refractivity contribution in [1.29, 1.82) is 0 Å². The second-order valence-electron chi connectivity index (χ2n) is 7.72. The molecular weight excluding hydrogens is 468 g/mol. The lowest BCUT2D eigenvalue weighted by atomic mass is 10.1. The average molecular weight is 493 g/mol. The van der Waals surface area contributed by atoms with Gasteiger partial charge in [0.2, 0.25) is 5.91 Å². The highest BCUT2D eigenvalue weighted by Gasteiger charge is 2.18. The summed E-state index contributed by atoms with van der Waals surface area (Å²) in [7, 11) is 0. The molecule has 4 aromatic rings. The average Bonchev–Trinajstić information content (AvgIpc) is 3.46. The monoisotopic (exact) mass is 492 g/mol. The van der Waals surface area contributed by atoms with Gasteiger partial charge in [0.15, 0.2) is 16.7 Å². The van der Waals surface area contributed by atoms with Gasteiger partial charge in [-0.25, -0.2) is 0 Å². The van der Waals surface area contributed by atoms with Gasteiger partial charge in [0, 0.05) is 23.4 Å². The number of nitrogens with one attached hydrogen (secondary N) is 1. The molecule has 0 aliphatic carbocycles. The number of aromatic nitrogens is 3. The van der Waals surface area contributed by atoms with E-state index in [0.29, 0.717) is 31.3 Å². The second kappa shape index (κ2) is 10.8. The number of carbonyl (C=O) groups excluding carboxylic acids is 1. The Balaban J connectivity index is 1.34.